The Bertz CT molecular complexity index is 243. The summed E-state index contributed by atoms with van der Waals surface area (Å²) in [4.78, 5) is 0. The van der Waals surface area contributed by atoms with Crippen LogP contribution in [0.5, 0.6) is 0 Å². The lowest BCUT2D eigenvalue weighted by atomic mass is 10.2. The third kappa shape index (κ3) is 2.77. The van der Waals surface area contributed by atoms with Gasteiger partial charge < -0.3 is 4.12 Å². The van der Waals surface area contributed by atoms with Crippen LogP contribution in [0.1, 0.15) is 5.56 Å². The zero-order valence-electron chi connectivity index (χ0n) is 7.42. The lowest BCUT2D eigenvalue weighted by Gasteiger charge is -2.00. The predicted molar refractivity (Wildman–Crippen MR) is 59.5 cm³/mol. The second kappa shape index (κ2) is 5.08. The fraction of sp³-hybridized carbons (Fsp3) is 0.111. The second-order valence-electron chi connectivity index (χ2n) is 2.74. The van der Waals surface area contributed by atoms with Crippen molar-refractivity contribution in [1.29, 1.82) is 0 Å². The van der Waals surface area contributed by atoms with Gasteiger partial charge in [-0.1, -0.05) is 30.3 Å². The van der Waals surface area contributed by atoms with E-state index in [0.717, 1.165) is 16.9 Å². The maximum Gasteiger partial charge on any atom is 0.178 e. The lowest BCUT2D eigenvalue weighted by Crippen LogP contribution is -2.15. The van der Waals surface area contributed by atoms with Gasteiger partial charge in [0, 0.05) is 0 Å². The Kier molecular flexibility index (Phi) is 4.00. The highest BCUT2D eigenvalue weighted by molar-refractivity contribution is 6.50. The molecule has 0 spiro atoms. The summed E-state index contributed by atoms with van der Waals surface area (Å²) in [5, 5.41) is 1.39. The van der Waals surface area contributed by atoms with Crippen molar-refractivity contribution in [3.05, 3.63) is 42.5 Å². The highest BCUT2D eigenvalue weighted by Crippen LogP contribution is 1.97. The predicted octanol–water partition coefficient (Wildman–Crippen LogP) is -0.579. The molecule has 1 rings (SSSR count). The van der Waals surface area contributed by atoms with Gasteiger partial charge in [-0.15, -0.1) is 6.58 Å². The van der Waals surface area contributed by atoms with Gasteiger partial charge in [-0.3, -0.25) is 0 Å². The van der Waals surface area contributed by atoms with Crippen molar-refractivity contribution >= 4 is 25.4 Å². The zero-order chi connectivity index (χ0) is 8.81. The van der Waals surface area contributed by atoms with Crippen molar-refractivity contribution in [2.45, 2.75) is 6.42 Å². The van der Waals surface area contributed by atoms with Crippen LogP contribution in [0.4, 0.5) is 0 Å². The van der Waals surface area contributed by atoms with E-state index in [4.69, 9.17) is 4.12 Å². The van der Waals surface area contributed by atoms with E-state index in [-0.39, 0.29) is 0 Å². The summed E-state index contributed by atoms with van der Waals surface area (Å²) in [6.07, 6.45) is 2.89. The molecular formula is C9H14OSi2. The summed E-state index contributed by atoms with van der Waals surface area (Å²) in [5.41, 5.74) is 1.33. The Morgan fingerprint density at radius 1 is 1.42 bits per heavy atom. The SMILES string of the molecule is C=CCc1ccc([SiH2]O[SiH3])cc1. The molecular weight excluding hydrogens is 180 g/mol. The molecule has 0 aliphatic carbocycles. The molecule has 0 heterocycles. The van der Waals surface area contributed by atoms with Crippen LogP contribution in [0.2, 0.25) is 0 Å². The molecule has 1 aromatic carbocycles. The van der Waals surface area contributed by atoms with E-state index < -0.39 is 9.76 Å². The van der Waals surface area contributed by atoms with Crippen LogP contribution >= 0.6 is 0 Å². The van der Waals surface area contributed by atoms with Gasteiger partial charge in [-0.25, -0.2) is 0 Å². The van der Waals surface area contributed by atoms with Crippen molar-refractivity contribution in [1.82, 2.24) is 0 Å². The average molecular weight is 194 g/mol. The van der Waals surface area contributed by atoms with Gasteiger partial charge in [0.15, 0.2) is 9.76 Å². The molecule has 1 aromatic rings. The van der Waals surface area contributed by atoms with Gasteiger partial charge in [0.25, 0.3) is 0 Å². The molecule has 1 nitrogen and oxygen atoms in total. The van der Waals surface area contributed by atoms with Gasteiger partial charge in [0.2, 0.25) is 0 Å². The van der Waals surface area contributed by atoms with Gasteiger partial charge in [-0.2, -0.15) is 0 Å². The summed E-state index contributed by atoms with van der Waals surface area (Å²) in [5.74, 6) is 0. The van der Waals surface area contributed by atoms with Crippen LogP contribution in [-0.2, 0) is 10.5 Å². The van der Waals surface area contributed by atoms with Gasteiger partial charge >= 0.3 is 0 Å². The Morgan fingerprint density at radius 2 is 2.08 bits per heavy atom. The third-order valence-electron chi connectivity index (χ3n) is 1.71. The molecule has 3 heteroatoms. The molecule has 0 aromatic heterocycles. The Morgan fingerprint density at radius 3 is 2.58 bits per heavy atom. The van der Waals surface area contributed by atoms with Crippen molar-refractivity contribution < 1.29 is 4.12 Å². The normalized spacial score (nSPS) is 11.0. The standard InChI is InChI=1S/C9H14OSi2/c1-2-3-8-4-6-9(7-5-8)12-10-11/h2,4-7H,1,3,12H2,11H3. The first-order valence-electron chi connectivity index (χ1n) is 4.04. The summed E-state index contributed by atoms with van der Waals surface area (Å²) < 4.78 is 5.29. The molecule has 0 unspecified atom stereocenters. The maximum absolute atomic E-state index is 5.29. The largest absolute Gasteiger partial charge is 0.465 e. The van der Waals surface area contributed by atoms with E-state index in [1.807, 2.05) is 6.08 Å². The molecule has 0 aliphatic heterocycles. The van der Waals surface area contributed by atoms with Gasteiger partial charge in [0.1, 0.15) is 10.5 Å². The maximum atomic E-state index is 5.29. The summed E-state index contributed by atoms with van der Waals surface area (Å²) in [7, 11) is 0.474. The minimum atomic E-state index is -0.395. The highest BCUT2D eigenvalue weighted by Gasteiger charge is 1.92. The van der Waals surface area contributed by atoms with Crippen molar-refractivity contribution in [2.24, 2.45) is 0 Å². The van der Waals surface area contributed by atoms with Crippen molar-refractivity contribution in [3.8, 4) is 0 Å². The second-order valence-corrected chi connectivity index (χ2v) is 6.16. The fourth-order valence-corrected chi connectivity index (χ4v) is 2.87. The van der Waals surface area contributed by atoms with E-state index in [9.17, 15) is 0 Å². The molecule has 0 amide bonds. The number of allylic oxidation sites excluding steroid dienone is 1. The van der Waals surface area contributed by atoms with Crippen LogP contribution in [0.3, 0.4) is 0 Å². The van der Waals surface area contributed by atoms with Crippen LogP contribution in [0, 0.1) is 0 Å². The molecule has 0 fully saturated rings. The molecule has 0 aliphatic rings. The van der Waals surface area contributed by atoms with E-state index in [2.05, 4.69) is 30.8 Å². The van der Waals surface area contributed by atoms with Crippen LogP contribution in [-0.4, -0.2) is 20.2 Å². The summed E-state index contributed by atoms with van der Waals surface area (Å²) in [6.45, 7) is 3.70. The molecule has 0 N–H and O–H groups in total. The smallest absolute Gasteiger partial charge is 0.178 e. The van der Waals surface area contributed by atoms with E-state index >= 15 is 0 Å². The zero-order valence-corrected chi connectivity index (χ0v) is 10.8. The topological polar surface area (TPSA) is 9.23 Å². The van der Waals surface area contributed by atoms with Crippen LogP contribution in [0.25, 0.3) is 0 Å². The van der Waals surface area contributed by atoms with Crippen LogP contribution in [0.15, 0.2) is 36.9 Å². The lowest BCUT2D eigenvalue weighted by molar-refractivity contribution is 0.676. The first-order chi connectivity index (χ1) is 5.86. The Balaban J connectivity index is 2.64. The third-order valence-corrected chi connectivity index (χ3v) is 3.67. The molecule has 0 saturated carbocycles. The number of hydrogen-bond donors (Lipinski definition) is 0. The van der Waals surface area contributed by atoms with E-state index in [1.54, 1.807) is 0 Å². The highest BCUT2D eigenvalue weighted by atomic mass is 28.3. The average Bonchev–Trinajstić information content (AvgIpc) is 2.09. The summed E-state index contributed by atoms with van der Waals surface area (Å²) >= 11 is 0. The first kappa shape index (κ1) is 9.44. The van der Waals surface area contributed by atoms with Gasteiger partial charge in [0.05, 0.1) is 0 Å². The Labute approximate surface area is 78.9 Å². The number of rotatable bonds is 4. The number of benzene rings is 1. The molecule has 12 heavy (non-hydrogen) atoms. The minimum absolute atomic E-state index is 0.395. The number of hydrogen-bond acceptors (Lipinski definition) is 1. The molecule has 0 saturated heterocycles. The molecule has 64 valence electrons. The first-order valence-corrected chi connectivity index (χ1v) is 6.14. The van der Waals surface area contributed by atoms with Crippen molar-refractivity contribution in [2.75, 3.05) is 0 Å². The monoisotopic (exact) mass is 194 g/mol. The Hall–Kier alpha value is -0.646. The van der Waals surface area contributed by atoms with Crippen LogP contribution < -0.4 is 5.19 Å². The van der Waals surface area contributed by atoms with Crippen molar-refractivity contribution in [3.63, 3.8) is 0 Å². The quantitative estimate of drug-likeness (QED) is 0.460. The summed E-state index contributed by atoms with van der Waals surface area (Å²) in [6, 6.07) is 8.65. The van der Waals surface area contributed by atoms with E-state index in [0.29, 0.717) is 0 Å². The molecule has 0 atom stereocenters. The fourth-order valence-electron chi connectivity index (χ4n) is 1.10. The molecule has 0 radical (unpaired) electrons. The minimum Gasteiger partial charge on any atom is -0.465 e. The van der Waals surface area contributed by atoms with Gasteiger partial charge in [-0.05, 0) is 17.2 Å². The molecule has 0 bridgehead atoms. The van der Waals surface area contributed by atoms with E-state index in [1.165, 1.54) is 10.8 Å².